The van der Waals surface area contributed by atoms with Gasteiger partial charge < -0.3 is 10.1 Å². The molecule has 1 N–H and O–H groups in total. The van der Waals surface area contributed by atoms with Gasteiger partial charge in [0.2, 0.25) is 0 Å². The molecule has 1 rings (SSSR count). The van der Waals surface area contributed by atoms with Crippen molar-refractivity contribution in [1.82, 2.24) is 5.32 Å². The van der Waals surface area contributed by atoms with Crippen LogP contribution in [0, 0.1) is 0 Å². The number of amides is 1. The number of hydrogen-bond acceptors (Lipinski definition) is 4. The minimum atomic E-state index is -0.611. The molecule has 1 aromatic rings. The molecule has 0 aliphatic rings. The van der Waals surface area contributed by atoms with Crippen LogP contribution in [0.15, 0.2) is 17.5 Å². The lowest BCUT2D eigenvalue weighted by Crippen LogP contribution is -2.39. The maximum atomic E-state index is 11.8. The van der Waals surface area contributed by atoms with Crippen molar-refractivity contribution in [3.63, 3.8) is 0 Å². The molecule has 0 aliphatic carbocycles. The Balaban J connectivity index is 2.17. The number of nitrogens with one attached hydrogen (secondary N) is 1. The molecule has 0 saturated carbocycles. The van der Waals surface area contributed by atoms with E-state index in [0.29, 0.717) is 11.5 Å². The van der Waals surface area contributed by atoms with Crippen LogP contribution in [0.3, 0.4) is 0 Å². The quantitative estimate of drug-likeness (QED) is 0.561. The summed E-state index contributed by atoms with van der Waals surface area (Å²) in [5.74, 6) is -0.599. The molecule has 0 radical (unpaired) electrons. The van der Waals surface area contributed by atoms with Crippen molar-refractivity contribution in [2.24, 2.45) is 0 Å². The van der Waals surface area contributed by atoms with Crippen LogP contribution in [0.5, 0.6) is 0 Å². The second-order valence-corrected chi connectivity index (χ2v) is 5.70. The number of carbonyl (C=O) groups excluding carboxylic acids is 2. The number of rotatable bonds is 9. The number of thiophene rings is 1. The first-order chi connectivity index (χ1) is 9.65. The summed E-state index contributed by atoms with van der Waals surface area (Å²) in [4.78, 5) is 24.1. The minimum Gasteiger partial charge on any atom is -0.464 e. The summed E-state index contributed by atoms with van der Waals surface area (Å²) in [7, 11) is 0. The van der Waals surface area contributed by atoms with Gasteiger partial charge in [0.1, 0.15) is 6.04 Å². The summed E-state index contributed by atoms with van der Waals surface area (Å²) < 4.78 is 5.15. The van der Waals surface area contributed by atoms with E-state index in [9.17, 15) is 9.59 Å². The normalized spacial score (nSPS) is 11.9. The van der Waals surface area contributed by atoms with Gasteiger partial charge in [0.15, 0.2) is 0 Å². The van der Waals surface area contributed by atoms with Gasteiger partial charge in [-0.15, -0.1) is 11.3 Å². The van der Waals surface area contributed by atoms with E-state index in [2.05, 4.69) is 12.2 Å². The van der Waals surface area contributed by atoms with Crippen molar-refractivity contribution in [1.29, 1.82) is 0 Å². The molecule has 0 aliphatic heterocycles. The molecule has 0 aromatic carbocycles. The molecule has 112 valence electrons. The summed E-state index contributed by atoms with van der Waals surface area (Å²) in [6, 6.07) is 2.92. The third kappa shape index (κ3) is 6.19. The highest BCUT2D eigenvalue weighted by Gasteiger charge is 2.18. The summed E-state index contributed by atoms with van der Waals surface area (Å²) in [6.45, 7) is 4.24. The zero-order valence-electron chi connectivity index (χ0n) is 12.2. The zero-order valence-corrected chi connectivity index (χ0v) is 13.0. The van der Waals surface area contributed by atoms with E-state index in [1.165, 1.54) is 30.6 Å². The number of unbranched alkanes of at least 4 members (excludes halogenated alkanes) is 4. The summed E-state index contributed by atoms with van der Waals surface area (Å²) >= 11 is 1.35. The SMILES string of the molecule is CCCCCCCOC(=O)[C@H](C)NC(=O)c1cccs1. The van der Waals surface area contributed by atoms with E-state index in [1.54, 1.807) is 19.1 Å². The van der Waals surface area contributed by atoms with Crippen molar-refractivity contribution < 1.29 is 14.3 Å². The molecule has 0 bridgehead atoms. The van der Waals surface area contributed by atoms with Gasteiger partial charge in [-0.25, -0.2) is 4.79 Å². The van der Waals surface area contributed by atoms with Crippen molar-refractivity contribution >= 4 is 23.2 Å². The first-order valence-corrected chi connectivity index (χ1v) is 8.04. The molecule has 0 fully saturated rings. The summed E-state index contributed by atoms with van der Waals surface area (Å²) in [6.07, 6.45) is 5.57. The Hall–Kier alpha value is -1.36. The highest BCUT2D eigenvalue weighted by atomic mass is 32.1. The topological polar surface area (TPSA) is 55.4 Å². The second kappa shape index (κ2) is 9.53. The van der Waals surface area contributed by atoms with Crippen molar-refractivity contribution in [3.05, 3.63) is 22.4 Å². The van der Waals surface area contributed by atoms with Crippen molar-refractivity contribution in [2.45, 2.75) is 52.0 Å². The molecular weight excluding hydrogens is 274 g/mol. The van der Waals surface area contributed by atoms with E-state index in [1.807, 2.05) is 5.38 Å². The van der Waals surface area contributed by atoms with Gasteiger partial charge in [-0.05, 0) is 24.8 Å². The van der Waals surface area contributed by atoms with E-state index < -0.39 is 6.04 Å². The zero-order chi connectivity index (χ0) is 14.8. The Morgan fingerprint density at radius 2 is 2.05 bits per heavy atom. The lowest BCUT2D eigenvalue weighted by atomic mass is 10.2. The fourth-order valence-corrected chi connectivity index (χ4v) is 2.36. The monoisotopic (exact) mass is 297 g/mol. The summed E-state index contributed by atoms with van der Waals surface area (Å²) in [5, 5.41) is 4.47. The lowest BCUT2D eigenvalue weighted by Gasteiger charge is -2.12. The van der Waals surface area contributed by atoms with Crippen LogP contribution in [0.25, 0.3) is 0 Å². The first kappa shape index (κ1) is 16.7. The van der Waals surface area contributed by atoms with Crippen molar-refractivity contribution in [2.75, 3.05) is 6.61 Å². The highest BCUT2D eigenvalue weighted by Crippen LogP contribution is 2.08. The largest absolute Gasteiger partial charge is 0.464 e. The van der Waals surface area contributed by atoms with Crippen LogP contribution < -0.4 is 5.32 Å². The molecule has 1 heterocycles. The fraction of sp³-hybridized carbons (Fsp3) is 0.600. The van der Waals surface area contributed by atoms with E-state index in [4.69, 9.17) is 4.74 Å². The maximum absolute atomic E-state index is 11.8. The number of hydrogen-bond donors (Lipinski definition) is 1. The molecule has 4 nitrogen and oxygen atoms in total. The standard InChI is InChI=1S/C15H23NO3S/c1-3-4-5-6-7-10-19-15(18)12(2)16-14(17)13-9-8-11-20-13/h8-9,11-12H,3-7,10H2,1-2H3,(H,16,17)/t12-/m0/s1. The second-order valence-electron chi connectivity index (χ2n) is 4.75. The smallest absolute Gasteiger partial charge is 0.328 e. The molecule has 1 atom stereocenters. The average Bonchev–Trinajstić information content (AvgIpc) is 2.96. The predicted octanol–water partition coefficient (Wildman–Crippen LogP) is 3.38. The summed E-state index contributed by atoms with van der Waals surface area (Å²) in [5.41, 5.74) is 0. The Kier molecular flexibility index (Phi) is 7.95. The van der Waals surface area contributed by atoms with E-state index in [-0.39, 0.29) is 11.9 Å². The van der Waals surface area contributed by atoms with Gasteiger partial charge in [-0.3, -0.25) is 4.79 Å². The van der Waals surface area contributed by atoms with E-state index in [0.717, 1.165) is 12.8 Å². The Morgan fingerprint density at radius 1 is 1.30 bits per heavy atom. The van der Waals surface area contributed by atoms with Gasteiger partial charge in [0.05, 0.1) is 11.5 Å². The predicted molar refractivity (Wildman–Crippen MR) is 81.0 cm³/mol. The van der Waals surface area contributed by atoms with Crippen LogP contribution >= 0.6 is 11.3 Å². The van der Waals surface area contributed by atoms with Crippen molar-refractivity contribution in [3.8, 4) is 0 Å². The Labute approximate surface area is 124 Å². The van der Waals surface area contributed by atoms with Crippen LogP contribution in [-0.4, -0.2) is 24.5 Å². The molecule has 5 heteroatoms. The van der Waals surface area contributed by atoms with Crippen LogP contribution in [0.2, 0.25) is 0 Å². The van der Waals surface area contributed by atoms with E-state index >= 15 is 0 Å². The fourth-order valence-electron chi connectivity index (χ4n) is 1.74. The maximum Gasteiger partial charge on any atom is 0.328 e. The molecule has 1 amide bonds. The lowest BCUT2D eigenvalue weighted by molar-refractivity contribution is -0.145. The minimum absolute atomic E-state index is 0.229. The molecule has 0 unspecified atom stereocenters. The van der Waals surface area contributed by atoms with Gasteiger partial charge in [-0.1, -0.05) is 38.7 Å². The Bertz CT molecular complexity index is 403. The van der Waals surface area contributed by atoms with Crippen LogP contribution in [0.1, 0.15) is 55.6 Å². The average molecular weight is 297 g/mol. The number of ether oxygens (including phenoxy) is 1. The Morgan fingerprint density at radius 3 is 2.70 bits per heavy atom. The van der Waals surface area contributed by atoms with Crippen LogP contribution in [-0.2, 0) is 9.53 Å². The van der Waals surface area contributed by atoms with Gasteiger partial charge in [-0.2, -0.15) is 0 Å². The third-order valence-electron chi connectivity index (χ3n) is 2.94. The third-order valence-corrected chi connectivity index (χ3v) is 3.81. The highest BCUT2D eigenvalue weighted by molar-refractivity contribution is 7.12. The van der Waals surface area contributed by atoms with Gasteiger partial charge in [0.25, 0.3) is 5.91 Å². The van der Waals surface area contributed by atoms with Gasteiger partial charge >= 0.3 is 5.97 Å². The molecule has 0 spiro atoms. The number of esters is 1. The van der Waals surface area contributed by atoms with Gasteiger partial charge in [0, 0.05) is 0 Å². The number of carbonyl (C=O) groups is 2. The molecular formula is C15H23NO3S. The first-order valence-electron chi connectivity index (χ1n) is 7.16. The molecule has 1 aromatic heterocycles. The molecule has 0 saturated heterocycles. The molecule has 20 heavy (non-hydrogen) atoms. The van der Waals surface area contributed by atoms with Crippen LogP contribution in [0.4, 0.5) is 0 Å².